The molecule has 0 spiro atoms. The fraction of sp³-hybridized carbons (Fsp3) is 0.158. The van der Waals surface area contributed by atoms with Crippen molar-refractivity contribution in [2.24, 2.45) is 0 Å². The SMILES string of the molecule is COc1cccc(CN/C=C(/C#N)C(=O)Nc2ccc(OC)c(Cl)c2)c1. The number of carbonyl (C=O) groups is 1. The largest absolute Gasteiger partial charge is 0.497 e. The molecule has 2 rings (SSSR count). The molecule has 0 radical (unpaired) electrons. The Hall–Kier alpha value is -3.17. The van der Waals surface area contributed by atoms with E-state index in [1.807, 2.05) is 30.3 Å². The number of hydrogen-bond acceptors (Lipinski definition) is 5. The van der Waals surface area contributed by atoms with Gasteiger partial charge in [-0.25, -0.2) is 0 Å². The first-order valence-electron chi connectivity index (χ1n) is 7.69. The Labute approximate surface area is 157 Å². The van der Waals surface area contributed by atoms with Crippen molar-refractivity contribution >= 4 is 23.2 Å². The topological polar surface area (TPSA) is 83.4 Å². The molecule has 0 saturated carbocycles. The molecule has 26 heavy (non-hydrogen) atoms. The molecule has 0 saturated heterocycles. The quantitative estimate of drug-likeness (QED) is 0.575. The van der Waals surface area contributed by atoms with Crippen LogP contribution >= 0.6 is 11.6 Å². The molecule has 1 amide bonds. The molecule has 0 atom stereocenters. The summed E-state index contributed by atoms with van der Waals surface area (Å²) >= 11 is 6.02. The van der Waals surface area contributed by atoms with E-state index in [2.05, 4.69) is 10.6 Å². The summed E-state index contributed by atoms with van der Waals surface area (Å²) in [6.45, 7) is 0.448. The van der Waals surface area contributed by atoms with Gasteiger partial charge in [-0.3, -0.25) is 4.79 Å². The summed E-state index contributed by atoms with van der Waals surface area (Å²) in [6, 6.07) is 14.2. The fourth-order valence-corrected chi connectivity index (χ4v) is 2.40. The molecule has 0 heterocycles. The minimum Gasteiger partial charge on any atom is -0.497 e. The normalized spacial score (nSPS) is 10.6. The molecule has 0 bridgehead atoms. The van der Waals surface area contributed by atoms with Crippen LogP contribution in [0, 0.1) is 11.3 Å². The van der Waals surface area contributed by atoms with E-state index in [0.29, 0.717) is 23.0 Å². The van der Waals surface area contributed by atoms with Gasteiger partial charge in [-0.1, -0.05) is 23.7 Å². The van der Waals surface area contributed by atoms with Gasteiger partial charge in [0.1, 0.15) is 23.1 Å². The zero-order chi connectivity index (χ0) is 18.9. The highest BCUT2D eigenvalue weighted by atomic mass is 35.5. The molecule has 134 valence electrons. The molecule has 0 aliphatic carbocycles. The second-order valence-electron chi connectivity index (χ2n) is 5.21. The van der Waals surface area contributed by atoms with E-state index in [1.54, 1.807) is 25.3 Å². The van der Waals surface area contributed by atoms with Crippen LogP contribution in [0.25, 0.3) is 0 Å². The molecule has 6 nitrogen and oxygen atoms in total. The van der Waals surface area contributed by atoms with Crippen molar-refractivity contribution < 1.29 is 14.3 Å². The monoisotopic (exact) mass is 371 g/mol. The standard InChI is InChI=1S/C19H18ClN3O3/c1-25-16-5-3-4-13(8-16)11-22-12-14(10-21)19(24)23-15-6-7-18(26-2)17(20)9-15/h3-9,12,22H,11H2,1-2H3,(H,23,24)/b14-12-. The smallest absolute Gasteiger partial charge is 0.267 e. The first-order chi connectivity index (χ1) is 12.6. The third kappa shape index (κ3) is 5.16. The van der Waals surface area contributed by atoms with Crippen LogP contribution in [0.3, 0.4) is 0 Å². The van der Waals surface area contributed by atoms with E-state index in [4.69, 9.17) is 21.1 Å². The lowest BCUT2D eigenvalue weighted by molar-refractivity contribution is -0.112. The molecule has 2 N–H and O–H groups in total. The third-order valence-electron chi connectivity index (χ3n) is 3.46. The maximum Gasteiger partial charge on any atom is 0.267 e. The van der Waals surface area contributed by atoms with E-state index in [9.17, 15) is 10.1 Å². The van der Waals surface area contributed by atoms with Crippen molar-refractivity contribution in [1.82, 2.24) is 5.32 Å². The minimum atomic E-state index is -0.535. The summed E-state index contributed by atoms with van der Waals surface area (Å²) in [5, 5.41) is 15.1. The number of ether oxygens (including phenoxy) is 2. The van der Waals surface area contributed by atoms with Crippen molar-refractivity contribution in [3.05, 3.63) is 64.8 Å². The van der Waals surface area contributed by atoms with Crippen LogP contribution in [0.15, 0.2) is 54.2 Å². The van der Waals surface area contributed by atoms with Gasteiger partial charge in [0.05, 0.1) is 19.2 Å². The average Bonchev–Trinajstić information content (AvgIpc) is 2.65. The van der Waals surface area contributed by atoms with Crippen molar-refractivity contribution in [3.8, 4) is 17.6 Å². The molecular formula is C19H18ClN3O3. The molecule has 0 unspecified atom stereocenters. The van der Waals surface area contributed by atoms with Gasteiger partial charge in [0.2, 0.25) is 0 Å². The molecule has 2 aromatic rings. The van der Waals surface area contributed by atoms with Gasteiger partial charge in [-0.2, -0.15) is 5.26 Å². The highest BCUT2D eigenvalue weighted by Crippen LogP contribution is 2.27. The van der Waals surface area contributed by atoms with Crippen molar-refractivity contribution in [2.75, 3.05) is 19.5 Å². The van der Waals surface area contributed by atoms with E-state index in [-0.39, 0.29) is 5.57 Å². The highest BCUT2D eigenvalue weighted by molar-refractivity contribution is 6.32. The van der Waals surface area contributed by atoms with Gasteiger partial charge in [0.25, 0.3) is 5.91 Å². The number of halogens is 1. The first kappa shape index (κ1) is 19.2. The van der Waals surface area contributed by atoms with E-state index >= 15 is 0 Å². The van der Waals surface area contributed by atoms with Gasteiger partial charge < -0.3 is 20.1 Å². The minimum absolute atomic E-state index is 0.0557. The number of nitriles is 1. The summed E-state index contributed by atoms with van der Waals surface area (Å²) in [6.07, 6.45) is 1.37. The predicted molar refractivity (Wildman–Crippen MR) is 100 cm³/mol. The number of benzene rings is 2. The zero-order valence-electron chi connectivity index (χ0n) is 14.4. The van der Waals surface area contributed by atoms with Gasteiger partial charge >= 0.3 is 0 Å². The Balaban J connectivity index is 2.00. The van der Waals surface area contributed by atoms with Gasteiger partial charge in [-0.05, 0) is 35.9 Å². The number of anilines is 1. The molecule has 7 heteroatoms. The second kappa shape index (κ2) is 9.35. The Bertz CT molecular complexity index is 859. The van der Waals surface area contributed by atoms with Gasteiger partial charge in [0.15, 0.2) is 0 Å². The lowest BCUT2D eigenvalue weighted by atomic mass is 10.2. The van der Waals surface area contributed by atoms with Crippen LogP contribution in [0.2, 0.25) is 5.02 Å². The summed E-state index contributed by atoms with van der Waals surface area (Å²) in [5.74, 6) is 0.704. The van der Waals surface area contributed by atoms with Crippen LogP contribution in [0.4, 0.5) is 5.69 Å². The number of nitrogens with zero attached hydrogens (tertiary/aromatic N) is 1. The van der Waals surface area contributed by atoms with Crippen molar-refractivity contribution in [1.29, 1.82) is 5.26 Å². The van der Waals surface area contributed by atoms with Crippen LogP contribution in [0.1, 0.15) is 5.56 Å². The molecule has 0 aliphatic heterocycles. The summed E-state index contributed by atoms with van der Waals surface area (Å²) in [4.78, 5) is 12.2. The lowest BCUT2D eigenvalue weighted by Gasteiger charge is -2.08. The number of rotatable bonds is 7. The van der Waals surface area contributed by atoms with E-state index < -0.39 is 5.91 Å². The Morgan fingerprint density at radius 1 is 1.23 bits per heavy atom. The van der Waals surface area contributed by atoms with E-state index in [0.717, 1.165) is 11.3 Å². The molecule has 0 aromatic heterocycles. The molecule has 2 aromatic carbocycles. The number of amides is 1. The average molecular weight is 372 g/mol. The van der Waals surface area contributed by atoms with Crippen LogP contribution < -0.4 is 20.1 Å². The zero-order valence-corrected chi connectivity index (χ0v) is 15.1. The van der Waals surface area contributed by atoms with Crippen LogP contribution in [-0.2, 0) is 11.3 Å². The summed E-state index contributed by atoms with van der Waals surface area (Å²) in [5.41, 5.74) is 1.37. The fourth-order valence-electron chi connectivity index (χ4n) is 2.14. The highest BCUT2D eigenvalue weighted by Gasteiger charge is 2.10. The van der Waals surface area contributed by atoms with Crippen LogP contribution in [0.5, 0.6) is 11.5 Å². The Morgan fingerprint density at radius 2 is 2.04 bits per heavy atom. The first-order valence-corrected chi connectivity index (χ1v) is 8.06. The number of hydrogen-bond donors (Lipinski definition) is 2. The molecular weight excluding hydrogens is 354 g/mol. The third-order valence-corrected chi connectivity index (χ3v) is 3.76. The number of methoxy groups -OCH3 is 2. The second-order valence-corrected chi connectivity index (χ2v) is 5.61. The van der Waals surface area contributed by atoms with Gasteiger partial charge in [0, 0.05) is 18.4 Å². The predicted octanol–water partition coefficient (Wildman–Crippen LogP) is 3.49. The van der Waals surface area contributed by atoms with Crippen molar-refractivity contribution in [3.63, 3.8) is 0 Å². The maximum absolute atomic E-state index is 12.2. The summed E-state index contributed by atoms with van der Waals surface area (Å²) in [7, 11) is 3.10. The number of carbonyl (C=O) groups excluding carboxylic acids is 1. The number of nitrogens with one attached hydrogen (secondary N) is 2. The van der Waals surface area contributed by atoms with E-state index in [1.165, 1.54) is 13.3 Å². The summed E-state index contributed by atoms with van der Waals surface area (Å²) < 4.78 is 10.2. The molecule has 0 aliphatic rings. The lowest BCUT2D eigenvalue weighted by Crippen LogP contribution is -2.16. The molecule has 0 fully saturated rings. The Kier molecular flexibility index (Phi) is 6.89. The Morgan fingerprint density at radius 3 is 2.69 bits per heavy atom. The maximum atomic E-state index is 12.2. The van der Waals surface area contributed by atoms with Crippen LogP contribution in [-0.4, -0.2) is 20.1 Å². The van der Waals surface area contributed by atoms with Crippen molar-refractivity contribution in [2.45, 2.75) is 6.54 Å². The van der Waals surface area contributed by atoms with Gasteiger partial charge in [-0.15, -0.1) is 0 Å².